The van der Waals surface area contributed by atoms with Crippen LogP contribution in [-0.4, -0.2) is 30.0 Å². The maximum absolute atomic E-state index is 12.6. The van der Waals surface area contributed by atoms with E-state index in [1.165, 1.54) is 6.07 Å². The minimum atomic E-state index is -0.468. The van der Waals surface area contributed by atoms with Crippen molar-refractivity contribution in [1.82, 2.24) is 4.90 Å². The summed E-state index contributed by atoms with van der Waals surface area (Å²) in [6, 6.07) is 14.3. The molecule has 7 heteroatoms. The Morgan fingerprint density at radius 2 is 1.75 bits per heavy atom. The summed E-state index contributed by atoms with van der Waals surface area (Å²) in [7, 11) is 0. The van der Waals surface area contributed by atoms with Crippen LogP contribution in [0.25, 0.3) is 11.0 Å². The lowest BCUT2D eigenvalue weighted by Gasteiger charge is -2.31. The third-order valence-electron chi connectivity index (χ3n) is 5.95. The highest BCUT2D eigenvalue weighted by molar-refractivity contribution is 5.89. The van der Waals surface area contributed by atoms with Gasteiger partial charge in [0, 0.05) is 35.8 Å². The maximum atomic E-state index is 12.6. The number of anilines is 1. The van der Waals surface area contributed by atoms with Gasteiger partial charge in [0.2, 0.25) is 0 Å². The Kier molecular flexibility index (Phi) is 6.25. The number of ether oxygens (including phenoxy) is 1. The highest BCUT2D eigenvalue weighted by Gasteiger charge is 2.28. The summed E-state index contributed by atoms with van der Waals surface area (Å²) < 4.78 is 10.9. The number of likely N-dealkylation sites (tertiary alicyclic amines) is 1. The zero-order valence-electron chi connectivity index (χ0n) is 18.2. The van der Waals surface area contributed by atoms with E-state index in [1.807, 2.05) is 56.3 Å². The average Bonchev–Trinajstić information content (AvgIpc) is 2.79. The van der Waals surface area contributed by atoms with Crippen molar-refractivity contribution in [3.05, 3.63) is 75.6 Å². The number of aryl methyl sites for hydroxylation is 2. The molecule has 1 fully saturated rings. The van der Waals surface area contributed by atoms with Crippen LogP contribution in [0.2, 0.25) is 0 Å². The van der Waals surface area contributed by atoms with E-state index in [-0.39, 0.29) is 24.5 Å². The fourth-order valence-corrected chi connectivity index (χ4v) is 3.91. The van der Waals surface area contributed by atoms with E-state index < -0.39 is 5.63 Å². The SMILES string of the molecule is Cc1cc2oc(=O)cc(COC(=O)C3CCN(C(=O)Nc4ccccc4)CC3)c2cc1C. The number of hydrogen-bond donors (Lipinski definition) is 1. The van der Waals surface area contributed by atoms with Crippen molar-refractivity contribution in [2.45, 2.75) is 33.3 Å². The molecule has 0 atom stereocenters. The molecule has 0 spiro atoms. The Balaban J connectivity index is 1.34. The van der Waals surface area contributed by atoms with Gasteiger partial charge >= 0.3 is 17.6 Å². The smallest absolute Gasteiger partial charge is 0.336 e. The predicted octanol–water partition coefficient (Wildman–Crippen LogP) is 4.40. The molecule has 2 heterocycles. The molecule has 1 aromatic heterocycles. The van der Waals surface area contributed by atoms with E-state index in [1.54, 1.807) is 4.90 Å². The lowest BCUT2D eigenvalue weighted by molar-refractivity contribution is -0.151. The summed E-state index contributed by atoms with van der Waals surface area (Å²) in [6.45, 7) is 4.91. The summed E-state index contributed by atoms with van der Waals surface area (Å²) in [5, 5.41) is 3.64. The predicted molar refractivity (Wildman–Crippen MR) is 122 cm³/mol. The number of amides is 2. The second-order valence-electron chi connectivity index (χ2n) is 8.19. The third kappa shape index (κ3) is 4.82. The standard InChI is InChI=1S/C25H26N2O5/c1-16-12-21-19(14-23(28)32-22(21)13-17(16)2)15-31-24(29)18-8-10-27(11-9-18)25(30)26-20-6-4-3-5-7-20/h3-7,12-14,18H,8-11,15H2,1-2H3,(H,26,30). The van der Waals surface area contributed by atoms with E-state index in [4.69, 9.17) is 9.15 Å². The summed E-state index contributed by atoms with van der Waals surface area (Å²) in [6.07, 6.45) is 1.08. The van der Waals surface area contributed by atoms with Gasteiger partial charge in [-0.2, -0.15) is 0 Å². The quantitative estimate of drug-likeness (QED) is 0.486. The lowest BCUT2D eigenvalue weighted by atomic mass is 9.97. The van der Waals surface area contributed by atoms with Gasteiger partial charge in [-0.3, -0.25) is 4.79 Å². The molecule has 1 aliphatic rings. The molecule has 0 bridgehead atoms. The molecule has 1 saturated heterocycles. The van der Waals surface area contributed by atoms with Crippen LogP contribution < -0.4 is 10.9 Å². The van der Waals surface area contributed by atoms with Crippen LogP contribution in [0, 0.1) is 19.8 Å². The van der Waals surface area contributed by atoms with Crippen LogP contribution in [0.15, 0.2) is 57.7 Å². The number of urea groups is 1. The molecule has 1 aliphatic heterocycles. The minimum absolute atomic E-state index is 0.0120. The normalized spacial score (nSPS) is 14.4. The van der Waals surface area contributed by atoms with Crippen molar-refractivity contribution in [2.24, 2.45) is 5.92 Å². The molecule has 1 N–H and O–H groups in total. The topological polar surface area (TPSA) is 88.8 Å². The molecular formula is C25H26N2O5. The van der Waals surface area contributed by atoms with Gasteiger partial charge in [-0.15, -0.1) is 0 Å². The number of fused-ring (bicyclic) bond motifs is 1. The molecule has 0 radical (unpaired) electrons. The number of rotatable bonds is 4. The van der Waals surface area contributed by atoms with Gasteiger partial charge in [0.25, 0.3) is 0 Å². The highest BCUT2D eigenvalue weighted by atomic mass is 16.5. The first kappa shape index (κ1) is 21.6. The Morgan fingerprint density at radius 1 is 1.06 bits per heavy atom. The first-order valence-corrected chi connectivity index (χ1v) is 10.7. The van der Waals surface area contributed by atoms with E-state index in [0.717, 1.165) is 22.2 Å². The van der Waals surface area contributed by atoms with Crippen LogP contribution in [0.5, 0.6) is 0 Å². The van der Waals surface area contributed by atoms with E-state index in [0.29, 0.717) is 37.1 Å². The average molecular weight is 434 g/mol. The summed E-state index contributed by atoms with van der Waals surface area (Å²) in [5.41, 5.74) is 3.49. The summed E-state index contributed by atoms with van der Waals surface area (Å²) in [4.78, 5) is 38.7. The number of para-hydroxylation sites is 1. The molecule has 2 aromatic carbocycles. The van der Waals surface area contributed by atoms with Crippen molar-refractivity contribution in [3.8, 4) is 0 Å². The second kappa shape index (κ2) is 9.26. The first-order valence-electron chi connectivity index (χ1n) is 10.7. The van der Waals surface area contributed by atoms with Gasteiger partial charge in [-0.1, -0.05) is 18.2 Å². The fraction of sp³-hybridized carbons (Fsp3) is 0.320. The van der Waals surface area contributed by atoms with Gasteiger partial charge in [-0.05, 0) is 62.1 Å². The number of carbonyl (C=O) groups is 2. The second-order valence-corrected chi connectivity index (χ2v) is 8.19. The number of piperidine rings is 1. The number of esters is 1. The van der Waals surface area contributed by atoms with Crippen LogP contribution in [0.4, 0.5) is 10.5 Å². The lowest BCUT2D eigenvalue weighted by Crippen LogP contribution is -2.42. The van der Waals surface area contributed by atoms with Crippen molar-refractivity contribution in [1.29, 1.82) is 0 Å². The largest absolute Gasteiger partial charge is 0.461 e. The Morgan fingerprint density at radius 3 is 2.47 bits per heavy atom. The fourth-order valence-electron chi connectivity index (χ4n) is 3.91. The van der Waals surface area contributed by atoms with Crippen LogP contribution in [-0.2, 0) is 16.1 Å². The zero-order valence-corrected chi connectivity index (χ0v) is 18.2. The van der Waals surface area contributed by atoms with Crippen LogP contribution in [0.1, 0.15) is 29.5 Å². The van der Waals surface area contributed by atoms with Gasteiger partial charge in [0.15, 0.2) is 0 Å². The summed E-state index contributed by atoms with van der Waals surface area (Å²) in [5.74, 6) is -0.579. The van der Waals surface area contributed by atoms with Crippen LogP contribution >= 0.6 is 0 Å². The molecule has 166 valence electrons. The number of nitrogens with zero attached hydrogens (tertiary/aromatic N) is 1. The summed E-state index contributed by atoms with van der Waals surface area (Å²) >= 11 is 0. The molecular weight excluding hydrogens is 408 g/mol. The monoisotopic (exact) mass is 434 g/mol. The van der Waals surface area contributed by atoms with Crippen molar-refractivity contribution >= 4 is 28.7 Å². The molecule has 2 amide bonds. The van der Waals surface area contributed by atoms with Crippen molar-refractivity contribution < 1.29 is 18.7 Å². The van der Waals surface area contributed by atoms with E-state index >= 15 is 0 Å². The third-order valence-corrected chi connectivity index (χ3v) is 5.95. The molecule has 0 aliphatic carbocycles. The molecule has 7 nitrogen and oxygen atoms in total. The maximum Gasteiger partial charge on any atom is 0.336 e. The number of carbonyl (C=O) groups excluding carboxylic acids is 2. The number of nitrogens with one attached hydrogen (secondary N) is 1. The van der Waals surface area contributed by atoms with E-state index in [9.17, 15) is 14.4 Å². The molecule has 4 rings (SSSR count). The number of benzene rings is 2. The van der Waals surface area contributed by atoms with Crippen molar-refractivity contribution in [3.63, 3.8) is 0 Å². The van der Waals surface area contributed by atoms with Gasteiger partial charge in [0.05, 0.1) is 5.92 Å². The van der Waals surface area contributed by atoms with Gasteiger partial charge in [-0.25, -0.2) is 9.59 Å². The number of hydrogen-bond acceptors (Lipinski definition) is 5. The van der Waals surface area contributed by atoms with Crippen molar-refractivity contribution in [2.75, 3.05) is 18.4 Å². The minimum Gasteiger partial charge on any atom is -0.461 e. The highest BCUT2D eigenvalue weighted by Crippen LogP contribution is 2.24. The first-order chi connectivity index (χ1) is 15.4. The Labute approximate surface area is 186 Å². The molecule has 0 unspecified atom stereocenters. The van der Waals surface area contributed by atoms with E-state index in [2.05, 4.69) is 5.32 Å². The van der Waals surface area contributed by atoms with Crippen LogP contribution in [0.3, 0.4) is 0 Å². The Hall–Kier alpha value is -3.61. The Bertz CT molecular complexity index is 1190. The molecule has 32 heavy (non-hydrogen) atoms. The molecule has 0 saturated carbocycles. The van der Waals surface area contributed by atoms with Gasteiger partial charge < -0.3 is 19.4 Å². The zero-order chi connectivity index (χ0) is 22.7. The molecule has 3 aromatic rings. The van der Waals surface area contributed by atoms with Gasteiger partial charge in [0.1, 0.15) is 12.2 Å².